The summed E-state index contributed by atoms with van der Waals surface area (Å²) in [5, 5.41) is 0. The first kappa shape index (κ1) is 18.4. The van der Waals surface area contributed by atoms with Crippen molar-refractivity contribution in [3.05, 3.63) is 35.9 Å². The van der Waals surface area contributed by atoms with Crippen LogP contribution in [0.25, 0.3) is 0 Å². The third kappa shape index (κ3) is 5.55. The largest absolute Gasteiger partial charge is 0.381 e. The second-order valence-corrected chi connectivity index (χ2v) is 7.64. The highest BCUT2D eigenvalue weighted by molar-refractivity contribution is 5.78. The number of benzene rings is 1. The molecule has 0 radical (unpaired) electrons. The van der Waals surface area contributed by atoms with Crippen molar-refractivity contribution in [2.45, 2.75) is 38.6 Å². The summed E-state index contributed by atoms with van der Waals surface area (Å²) in [6.45, 7) is 5.73. The van der Waals surface area contributed by atoms with E-state index in [4.69, 9.17) is 4.74 Å². The van der Waals surface area contributed by atoms with Gasteiger partial charge in [0.25, 0.3) is 0 Å². The number of nitrogens with zero attached hydrogens (tertiary/aromatic N) is 2. The van der Waals surface area contributed by atoms with Gasteiger partial charge in [-0.1, -0.05) is 30.3 Å². The Morgan fingerprint density at radius 3 is 2.48 bits per heavy atom. The fraction of sp³-hybridized carbons (Fsp3) is 0.667. The molecule has 2 aliphatic rings. The van der Waals surface area contributed by atoms with Crippen LogP contribution in [0, 0.1) is 11.8 Å². The topological polar surface area (TPSA) is 32.8 Å². The highest BCUT2D eigenvalue weighted by Crippen LogP contribution is 2.22. The normalized spacial score (nSPS) is 20.5. The van der Waals surface area contributed by atoms with E-state index in [1.807, 2.05) is 11.9 Å². The van der Waals surface area contributed by atoms with Crippen LogP contribution in [0.4, 0.5) is 0 Å². The van der Waals surface area contributed by atoms with Crippen molar-refractivity contribution >= 4 is 5.91 Å². The molecule has 3 rings (SSSR count). The molecule has 25 heavy (non-hydrogen) atoms. The van der Waals surface area contributed by atoms with Crippen LogP contribution in [0.15, 0.2) is 30.3 Å². The van der Waals surface area contributed by atoms with Crippen LogP contribution in [0.2, 0.25) is 0 Å². The Balaban J connectivity index is 1.38. The van der Waals surface area contributed by atoms with E-state index in [1.54, 1.807) is 0 Å². The maximum Gasteiger partial charge on any atom is 0.225 e. The van der Waals surface area contributed by atoms with E-state index in [2.05, 4.69) is 35.2 Å². The standard InChI is InChI=1S/C21H32N2O2/c1-22(12-7-18-10-15-25-16-11-18)21(24)20-8-13-23(14-9-20)17-19-5-3-2-4-6-19/h2-6,18,20H,7-17H2,1H3. The summed E-state index contributed by atoms with van der Waals surface area (Å²) < 4.78 is 5.42. The van der Waals surface area contributed by atoms with Gasteiger partial charge in [-0.3, -0.25) is 9.69 Å². The second kappa shape index (κ2) is 9.35. The summed E-state index contributed by atoms with van der Waals surface area (Å²) in [5.74, 6) is 1.30. The third-order valence-electron chi connectivity index (χ3n) is 5.78. The lowest BCUT2D eigenvalue weighted by Gasteiger charge is -2.33. The zero-order chi connectivity index (χ0) is 17.5. The Hall–Kier alpha value is -1.39. The van der Waals surface area contributed by atoms with Gasteiger partial charge >= 0.3 is 0 Å². The zero-order valence-electron chi connectivity index (χ0n) is 15.5. The average molecular weight is 344 g/mol. The van der Waals surface area contributed by atoms with E-state index in [9.17, 15) is 4.79 Å². The number of amides is 1. The van der Waals surface area contributed by atoms with Crippen molar-refractivity contribution in [2.24, 2.45) is 11.8 Å². The lowest BCUT2D eigenvalue weighted by Crippen LogP contribution is -2.41. The number of piperidine rings is 1. The molecule has 1 aromatic rings. The van der Waals surface area contributed by atoms with Crippen molar-refractivity contribution in [3.63, 3.8) is 0 Å². The number of hydrogen-bond donors (Lipinski definition) is 0. The smallest absolute Gasteiger partial charge is 0.225 e. The summed E-state index contributed by atoms with van der Waals surface area (Å²) >= 11 is 0. The fourth-order valence-corrected chi connectivity index (χ4v) is 4.01. The van der Waals surface area contributed by atoms with Crippen LogP contribution in [0.3, 0.4) is 0 Å². The predicted octanol–water partition coefficient (Wildman–Crippen LogP) is 3.17. The van der Waals surface area contributed by atoms with Crippen molar-refractivity contribution in [1.82, 2.24) is 9.80 Å². The van der Waals surface area contributed by atoms with Gasteiger partial charge in [0.05, 0.1) is 0 Å². The number of hydrogen-bond acceptors (Lipinski definition) is 3. The second-order valence-electron chi connectivity index (χ2n) is 7.64. The Kier molecular flexibility index (Phi) is 6.88. The van der Waals surface area contributed by atoms with Crippen LogP contribution in [0.5, 0.6) is 0 Å². The van der Waals surface area contributed by atoms with Crippen LogP contribution < -0.4 is 0 Å². The first-order valence-corrected chi connectivity index (χ1v) is 9.81. The molecule has 2 saturated heterocycles. The van der Waals surface area contributed by atoms with E-state index in [0.29, 0.717) is 5.91 Å². The third-order valence-corrected chi connectivity index (χ3v) is 5.78. The van der Waals surface area contributed by atoms with Gasteiger partial charge in [-0.2, -0.15) is 0 Å². The van der Waals surface area contributed by atoms with Crippen molar-refractivity contribution in [2.75, 3.05) is 39.9 Å². The van der Waals surface area contributed by atoms with E-state index in [1.165, 1.54) is 5.56 Å². The number of likely N-dealkylation sites (tertiary alicyclic amines) is 1. The van der Waals surface area contributed by atoms with Crippen LogP contribution in [-0.2, 0) is 16.1 Å². The number of ether oxygens (including phenoxy) is 1. The van der Waals surface area contributed by atoms with Gasteiger partial charge < -0.3 is 9.64 Å². The first-order chi connectivity index (χ1) is 12.2. The molecule has 0 spiro atoms. The molecule has 0 bridgehead atoms. The molecule has 0 aromatic heterocycles. The summed E-state index contributed by atoms with van der Waals surface area (Å²) in [4.78, 5) is 17.2. The van der Waals surface area contributed by atoms with Crippen molar-refractivity contribution in [1.29, 1.82) is 0 Å². The lowest BCUT2D eigenvalue weighted by atomic mass is 9.93. The van der Waals surface area contributed by atoms with E-state index in [0.717, 1.165) is 77.4 Å². The summed E-state index contributed by atoms with van der Waals surface area (Å²) in [6, 6.07) is 10.6. The molecule has 1 amide bonds. The Labute approximate surface area is 152 Å². The van der Waals surface area contributed by atoms with Crippen molar-refractivity contribution in [3.8, 4) is 0 Å². The van der Waals surface area contributed by atoms with Gasteiger partial charge in [0, 0.05) is 39.3 Å². The van der Waals surface area contributed by atoms with E-state index in [-0.39, 0.29) is 5.92 Å². The Morgan fingerprint density at radius 2 is 1.80 bits per heavy atom. The van der Waals surface area contributed by atoms with Crippen LogP contribution >= 0.6 is 0 Å². The highest BCUT2D eigenvalue weighted by atomic mass is 16.5. The van der Waals surface area contributed by atoms with E-state index >= 15 is 0 Å². The maximum atomic E-state index is 12.7. The van der Waals surface area contributed by atoms with Gasteiger partial charge in [0.15, 0.2) is 0 Å². The van der Waals surface area contributed by atoms with Gasteiger partial charge in [-0.05, 0) is 56.7 Å². The van der Waals surface area contributed by atoms with Gasteiger partial charge in [-0.25, -0.2) is 0 Å². The maximum absolute atomic E-state index is 12.7. The van der Waals surface area contributed by atoms with Crippen LogP contribution in [-0.4, -0.2) is 55.6 Å². The molecule has 138 valence electrons. The molecule has 4 nitrogen and oxygen atoms in total. The molecule has 2 fully saturated rings. The minimum absolute atomic E-state index is 0.215. The minimum Gasteiger partial charge on any atom is -0.381 e. The quantitative estimate of drug-likeness (QED) is 0.795. The molecular weight excluding hydrogens is 312 g/mol. The molecule has 0 N–H and O–H groups in total. The molecule has 4 heteroatoms. The van der Waals surface area contributed by atoms with Gasteiger partial charge in [-0.15, -0.1) is 0 Å². The minimum atomic E-state index is 0.215. The van der Waals surface area contributed by atoms with E-state index < -0.39 is 0 Å². The Morgan fingerprint density at radius 1 is 1.12 bits per heavy atom. The lowest BCUT2D eigenvalue weighted by molar-refractivity contribution is -0.136. The molecule has 2 aliphatic heterocycles. The molecule has 2 heterocycles. The SMILES string of the molecule is CN(CCC1CCOCC1)C(=O)C1CCN(Cc2ccccc2)CC1. The van der Waals surface area contributed by atoms with Gasteiger partial charge in [0.1, 0.15) is 0 Å². The zero-order valence-corrected chi connectivity index (χ0v) is 15.5. The fourth-order valence-electron chi connectivity index (χ4n) is 4.01. The number of carbonyl (C=O) groups excluding carboxylic acids is 1. The first-order valence-electron chi connectivity index (χ1n) is 9.81. The molecule has 0 atom stereocenters. The summed E-state index contributed by atoms with van der Waals surface area (Å²) in [6.07, 6.45) is 5.42. The molecule has 0 aliphatic carbocycles. The summed E-state index contributed by atoms with van der Waals surface area (Å²) in [7, 11) is 1.98. The van der Waals surface area contributed by atoms with Crippen LogP contribution in [0.1, 0.15) is 37.7 Å². The van der Waals surface area contributed by atoms with Gasteiger partial charge in [0.2, 0.25) is 5.91 Å². The summed E-state index contributed by atoms with van der Waals surface area (Å²) in [5.41, 5.74) is 1.36. The molecule has 0 saturated carbocycles. The monoisotopic (exact) mass is 344 g/mol. The Bertz CT molecular complexity index is 520. The number of rotatable bonds is 6. The van der Waals surface area contributed by atoms with Crippen molar-refractivity contribution < 1.29 is 9.53 Å². The predicted molar refractivity (Wildman–Crippen MR) is 100 cm³/mol. The number of carbonyl (C=O) groups is 1. The average Bonchev–Trinajstić information content (AvgIpc) is 2.68. The molecule has 1 aromatic carbocycles. The molecular formula is C21H32N2O2. The highest BCUT2D eigenvalue weighted by Gasteiger charge is 2.27. The molecule has 0 unspecified atom stereocenters.